The average Bonchev–Trinajstić information content (AvgIpc) is 3.48. The number of anilines is 1. The second-order valence-corrected chi connectivity index (χ2v) is 12.7. The number of thiazole rings is 1. The number of nitriles is 1. The summed E-state index contributed by atoms with van der Waals surface area (Å²) in [5, 5.41) is 29.3. The van der Waals surface area contributed by atoms with Crippen LogP contribution in [0.15, 0.2) is 66.4 Å². The molecule has 1 aromatic heterocycles. The number of allylic oxidation sites excluding steroid dienone is 1. The van der Waals surface area contributed by atoms with E-state index in [1.54, 1.807) is 44.3 Å². The lowest BCUT2D eigenvalue weighted by molar-refractivity contribution is -0.126. The van der Waals surface area contributed by atoms with Crippen molar-refractivity contribution in [3.05, 3.63) is 93.0 Å². The molecule has 0 saturated heterocycles. The molecule has 11 nitrogen and oxygen atoms in total. The first-order chi connectivity index (χ1) is 21.8. The van der Waals surface area contributed by atoms with E-state index in [1.165, 1.54) is 18.0 Å². The molecule has 0 unspecified atom stereocenters. The Morgan fingerprint density at radius 1 is 1.11 bits per heavy atom. The van der Waals surface area contributed by atoms with E-state index >= 15 is 0 Å². The molecule has 0 aliphatic rings. The van der Waals surface area contributed by atoms with Crippen molar-refractivity contribution in [3.8, 4) is 6.07 Å². The predicted molar refractivity (Wildman–Crippen MR) is 177 cm³/mol. The van der Waals surface area contributed by atoms with Crippen molar-refractivity contribution in [2.75, 3.05) is 11.9 Å². The first kappa shape index (κ1) is 35.8. The molecule has 0 saturated carbocycles. The van der Waals surface area contributed by atoms with Gasteiger partial charge in [0.15, 0.2) is 11.9 Å². The summed E-state index contributed by atoms with van der Waals surface area (Å²) in [5.41, 5.74) is 0.998. The number of aromatic nitrogens is 1. The lowest BCUT2D eigenvalue weighted by atomic mass is 9.99. The van der Waals surface area contributed by atoms with Crippen LogP contribution in [0.3, 0.4) is 0 Å². The van der Waals surface area contributed by atoms with Gasteiger partial charge in [0.2, 0.25) is 5.91 Å². The number of nitrogens with one attached hydrogen (secondary N) is 3. The number of hydrogen-bond donors (Lipinski definition) is 4. The molecule has 46 heavy (non-hydrogen) atoms. The van der Waals surface area contributed by atoms with Gasteiger partial charge < -0.3 is 20.6 Å². The number of amides is 3. The third-order valence-corrected chi connectivity index (χ3v) is 8.13. The maximum atomic E-state index is 13.7. The Balaban J connectivity index is 1.95. The smallest absolute Gasteiger partial charge is 0.268 e. The zero-order chi connectivity index (χ0) is 34.0. The summed E-state index contributed by atoms with van der Waals surface area (Å²) in [7, 11) is 1.55. The predicted octanol–water partition coefficient (Wildman–Crippen LogP) is 3.35. The van der Waals surface area contributed by atoms with Crippen LogP contribution in [0.2, 0.25) is 0 Å². The minimum atomic E-state index is -2.03. The van der Waals surface area contributed by atoms with E-state index in [4.69, 9.17) is 0 Å². The summed E-state index contributed by atoms with van der Waals surface area (Å²) >= 11 is 1.12. The van der Waals surface area contributed by atoms with Crippen LogP contribution < -0.4 is 20.9 Å². The number of carbonyl (C=O) groups excluding carboxylic acids is 4. The SMILES string of the molecule is Cc1ccc(CNC(=O)[C@H](Cc2cccc(N(C)C(=O)C(C#N)=CC(C)C)c2)N[C@](C=O)(NC(=O)c2cnc(C)s2)[C@@H](C)O)cc1. The molecule has 2 aromatic carbocycles. The van der Waals surface area contributed by atoms with Crippen molar-refractivity contribution in [1.82, 2.24) is 20.9 Å². The highest BCUT2D eigenvalue weighted by molar-refractivity contribution is 7.13. The highest BCUT2D eigenvalue weighted by atomic mass is 32.1. The summed E-state index contributed by atoms with van der Waals surface area (Å²) in [6, 6.07) is 15.3. The highest BCUT2D eigenvalue weighted by Crippen LogP contribution is 2.20. The van der Waals surface area contributed by atoms with Gasteiger partial charge in [0, 0.05) is 19.3 Å². The third kappa shape index (κ3) is 9.40. The first-order valence-electron chi connectivity index (χ1n) is 14.8. The molecule has 0 aliphatic carbocycles. The Morgan fingerprint density at radius 2 is 1.80 bits per heavy atom. The van der Waals surface area contributed by atoms with E-state index in [2.05, 4.69) is 20.9 Å². The standard InChI is InChI=1S/C34H40N6O5S/c1-21(2)14-27(17-35)33(45)40(6)28-9-7-8-26(15-28)16-29(31(43)37-18-25-12-10-22(3)11-13-25)38-34(20-41,23(4)42)39-32(44)30-19-36-24(5)46-30/h7-15,19-21,23,29,38,42H,16,18H2,1-6H3,(H,37,43)(H,39,44)/t23-,29+,34-/m1/s1. The Bertz CT molecular complexity index is 1630. The highest BCUT2D eigenvalue weighted by Gasteiger charge is 2.41. The molecule has 3 rings (SSSR count). The second-order valence-electron chi connectivity index (χ2n) is 11.4. The molecule has 12 heteroatoms. The minimum absolute atomic E-state index is 0.00353. The van der Waals surface area contributed by atoms with Crippen LogP contribution in [0.5, 0.6) is 0 Å². The van der Waals surface area contributed by atoms with E-state index < -0.39 is 35.5 Å². The zero-order valence-electron chi connectivity index (χ0n) is 26.8. The number of nitrogens with zero attached hydrogens (tertiary/aromatic N) is 3. The number of rotatable bonds is 14. The number of aryl methyl sites for hydroxylation is 2. The number of hydrogen-bond acceptors (Lipinski definition) is 9. The Morgan fingerprint density at radius 3 is 2.37 bits per heavy atom. The molecule has 1 heterocycles. The first-order valence-corrected chi connectivity index (χ1v) is 15.6. The van der Waals surface area contributed by atoms with Gasteiger partial charge in [-0.15, -0.1) is 11.3 Å². The maximum absolute atomic E-state index is 13.7. The monoisotopic (exact) mass is 644 g/mol. The lowest BCUT2D eigenvalue weighted by Gasteiger charge is -2.36. The summed E-state index contributed by atoms with van der Waals surface area (Å²) in [6.45, 7) is 8.96. The fourth-order valence-electron chi connectivity index (χ4n) is 4.57. The van der Waals surface area contributed by atoms with Gasteiger partial charge in [0.25, 0.3) is 11.8 Å². The van der Waals surface area contributed by atoms with Crippen LogP contribution in [-0.4, -0.2) is 59.0 Å². The van der Waals surface area contributed by atoms with Crippen molar-refractivity contribution in [1.29, 1.82) is 5.26 Å². The molecule has 4 N–H and O–H groups in total. The number of aliphatic hydroxyl groups excluding tert-OH is 1. The molecule has 0 aliphatic heterocycles. The number of aliphatic hydroxyl groups is 1. The van der Waals surface area contributed by atoms with Gasteiger partial charge in [0.05, 0.1) is 23.4 Å². The molecule has 0 bridgehead atoms. The van der Waals surface area contributed by atoms with Crippen LogP contribution in [0.4, 0.5) is 5.69 Å². The van der Waals surface area contributed by atoms with Gasteiger partial charge in [-0.1, -0.05) is 61.9 Å². The van der Waals surface area contributed by atoms with Crippen LogP contribution in [0, 0.1) is 31.1 Å². The van der Waals surface area contributed by atoms with E-state index in [9.17, 15) is 29.5 Å². The normalized spacial score (nSPS) is 14.0. The van der Waals surface area contributed by atoms with Crippen LogP contribution in [0.25, 0.3) is 0 Å². The quantitative estimate of drug-likeness (QED) is 0.0898. The van der Waals surface area contributed by atoms with E-state index in [-0.39, 0.29) is 29.3 Å². The second kappa shape index (κ2) is 16.0. The van der Waals surface area contributed by atoms with E-state index in [0.717, 1.165) is 22.5 Å². The largest absolute Gasteiger partial charge is 0.389 e. The fourth-order valence-corrected chi connectivity index (χ4v) is 5.24. The molecule has 3 amide bonds. The van der Waals surface area contributed by atoms with Gasteiger partial charge >= 0.3 is 0 Å². The molecule has 3 atom stereocenters. The molecular formula is C34H40N6O5S. The van der Waals surface area contributed by atoms with Crippen molar-refractivity contribution in [2.45, 2.75) is 65.4 Å². The zero-order valence-corrected chi connectivity index (χ0v) is 27.6. The molecular weight excluding hydrogens is 604 g/mol. The Kier molecular flexibility index (Phi) is 12.5. The molecule has 0 fully saturated rings. The summed E-state index contributed by atoms with van der Waals surface area (Å²) in [4.78, 5) is 58.1. The third-order valence-electron chi connectivity index (χ3n) is 7.22. The molecule has 242 valence electrons. The number of carbonyl (C=O) groups is 4. The lowest BCUT2D eigenvalue weighted by Crippen LogP contribution is -2.70. The maximum Gasteiger partial charge on any atom is 0.268 e. The van der Waals surface area contributed by atoms with Crippen molar-refractivity contribution in [2.24, 2.45) is 5.92 Å². The van der Waals surface area contributed by atoms with Crippen LogP contribution in [-0.2, 0) is 27.3 Å². The summed E-state index contributed by atoms with van der Waals surface area (Å²) in [5.74, 6) is -1.61. The molecule has 0 radical (unpaired) electrons. The van der Waals surface area contributed by atoms with E-state index in [0.29, 0.717) is 22.5 Å². The van der Waals surface area contributed by atoms with Crippen molar-refractivity contribution >= 4 is 41.0 Å². The topological polar surface area (TPSA) is 165 Å². The Hall–Kier alpha value is -4.70. The molecule has 0 spiro atoms. The fraction of sp³-hybridized carbons (Fsp3) is 0.353. The van der Waals surface area contributed by atoms with Gasteiger partial charge in [-0.2, -0.15) is 5.26 Å². The van der Waals surface area contributed by atoms with Crippen LogP contribution in [0.1, 0.15) is 52.1 Å². The van der Waals surface area contributed by atoms with Crippen molar-refractivity contribution in [3.63, 3.8) is 0 Å². The number of likely N-dealkylation sites (N-methyl/N-ethyl adjacent to an activating group) is 1. The summed E-state index contributed by atoms with van der Waals surface area (Å²) in [6.07, 6.45) is 1.91. The van der Waals surface area contributed by atoms with Gasteiger partial charge in [-0.25, -0.2) is 4.98 Å². The van der Waals surface area contributed by atoms with Crippen molar-refractivity contribution < 1.29 is 24.3 Å². The average molecular weight is 645 g/mol. The molecule has 3 aromatic rings. The van der Waals surface area contributed by atoms with Gasteiger partial charge in [-0.05, 0) is 56.4 Å². The van der Waals surface area contributed by atoms with Crippen LogP contribution >= 0.6 is 11.3 Å². The minimum Gasteiger partial charge on any atom is -0.389 e. The summed E-state index contributed by atoms with van der Waals surface area (Å²) < 4.78 is 0. The van der Waals surface area contributed by atoms with E-state index in [1.807, 2.05) is 51.1 Å². The number of benzene rings is 2. The van der Waals surface area contributed by atoms with Gasteiger partial charge in [0.1, 0.15) is 16.5 Å². The Labute approximate surface area is 273 Å². The van der Waals surface area contributed by atoms with Gasteiger partial charge in [-0.3, -0.25) is 24.5 Å². The number of aldehydes is 1.